The first-order valence-corrected chi connectivity index (χ1v) is 11.2. The summed E-state index contributed by atoms with van der Waals surface area (Å²) in [6.07, 6.45) is 0. The number of anilines is 1. The van der Waals surface area contributed by atoms with E-state index in [4.69, 9.17) is 10.5 Å². The number of hydrogen-bond donors (Lipinski definition) is 3. The van der Waals surface area contributed by atoms with Gasteiger partial charge in [-0.1, -0.05) is 12.1 Å². The van der Waals surface area contributed by atoms with E-state index in [1.807, 2.05) is 18.7 Å². The van der Waals surface area contributed by atoms with Crippen LogP contribution < -0.4 is 15.4 Å². The van der Waals surface area contributed by atoms with Gasteiger partial charge in [-0.15, -0.1) is 0 Å². The zero-order chi connectivity index (χ0) is 25.4. The minimum Gasteiger partial charge on any atom is -0.496 e. The van der Waals surface area contributed by atoms with Gasteiger partial charge in [-0.3, -0.25) is 14.5 Å². The number of amides is 1. The lowest BCUT2D eigenvalue weighted by Gasteiger charge is -2.45. The Kier molecular flexibility index (Phi) is 6.49. The highest BCUT2D eigenvalue weighted by atomic mass is 19.1. The number of rotatable bonds is 7. The van der Waals surface area contributed by atoms with Crippen molar-refractivity contribution in [2.24, 2.45) is 5.73 Å². The van der Waals surface area contributed by atoms with Crippen LogP contribution in [0.5, 0.6) is 5.75 Å². The number of Topliss-reactive ketones (excluding diaryl/α,β-unsaturated/α-hetero) is 1. The molecule has 1 fully saturated rings. The SMILES string of the molecule is COc1cc2[nH]c(N3CC(C)N(Cc4ccc(F)cc4)CC3C)c(C(=O)C(=O)O)c2cc1C(N)=O. The minimum absolute atomic E-state index is 0.0244. The number of carboxylic acids is 1. The summed E-state index contributed by atoms with van der Waals surface area (Å²) >= 11 is 0. The minimum atomic E-state index is -1.60. The van der Waals surface area contributed by atoms with Crippen molar-refractivity contribution in [3.63, 3.8) is 0 Å². The summed E-state index contributed by atoms with van der Waals surface area (Å²) in [5.74, 6) is -3.13. The molecule has 1 aliphatic rings. The topological polar surface area (TPSA) is 129 Å². The molecule has 4 rings (SSSR count). The second-order valence-electron chi connectivity index (χ2n) is 8.85. The summed E-state index contributed by atoms with van der Waals surface area (Å²) in [4.78, 5) is 43.9. The number of aliphatic carboxylic acids is 1. The molecule has 0 saturated carbocycles. The van der Waals surface area contributed by atoms with Crippen LogP contribution in [0.25, 0.3) is 10.9 Å². The number of nitrogens with one attached hydrogen (secondary N) is 1. The molecule has 2 atom stereocenters. The first-order valence-electron chi connectivity index (χ1n) is 11.2. The lowest BCUT2D eigenvalue weighted by molar-refractivity contribution is -0.131. The summed E-state index contributed by atoms with van der Waals surface area (Å²) in [5.41, 5.74) is 6.95. The van der Waals surface area contributed by atoms with Gasteiger partial charge in [0.05, 0.1) is 23.8 Å². The van der Waals surface area contributed by atoms with E-state index in [1.165, 1.54) is 31.4 Å². The van der Waals surface area contributed by atoms with Gasteiger partial charge in [-0.25, -0.2) is 9.18 Å². The molecule has 2 unspecified atom stereocenters. The molecule has 0 radical (unpaired) electrons. The Labute approximate surface area is 201 Å². The van der Waals surface area contributed by atoms with E-state index in [-0.39, 0.29) is 40.2 Å². The Morgan fingerprint density at radius 2 is 1.83 bits per heavy atom. The average molecular weight is 483 g/mol. The number of aromatic amines is 1. The number of hydrogen-bond acceptors (Lipinski definition) is 6. The van der Waals surface area contributed by atoms with Gasteiger partial charge in [0.2, 0.25) is 0 Å². The predicted octanol–water partition coefficient (Wildman–Crippen LogP) is 2.78. The predicted molar refractivity (Wildman–Crippen MR) is 128 cm³/mol. The standard InChI is InChI=1S/C25H27FN4O5/c1-13-11-30(14(2)10-29(13)12-15-4-6-16(26)7-5-15)24-21(22(31)25(33)34)17-8-18(23(27)32)20(35-3)9-19(17)28-24/h4-9,13-14,28H,10-12H2,1-3H3,(H2,27,32)(H,33,34). The number of H-pyrrole nitrogens is 1. The van der Waals surface area contributed by atoms with Crippen LogP contribution in [0.15, 0.2) is 36.4 Å². The van der Waals surface area contributed by atoms with Crippen LogP contribution in [0.3, 0.4) is 0 Å². The number of ether oxygens (including phenoxy) is 1. The van der Waals surface area contributed by atoms with E-state index in [1.54, 1.807) is 12.1 Å². The second kappa shape index (κ2) is 9.38. The number of carbonyl (C=O) groups excluding carboxylic acids is 2. The maximum atomic E-state index is 13.3. The maximum Gasteiger partial charge on any atom is 0.377 e. The first kappa shape index (κ1) is 24.2. The van der Waals surface area contributed by atoms with Crippen molar-refractivity contribution in [1.29, 1.82) is 0 Å². The van der Waals surface area contributed by atoms with Crippen LogP contribution in [-0.4, -0.2) is 64.9 Å². The lowest BCUT2D eigenvalue weighted by Crippen LogP contribution is -2.56. The largest absolute Gasteiger partial charge is 0.496 e. The van der Waals surface area contributed by atoms with Crippen molar-refractivity contribution in [3.05, 3.63) is 58.9 Å². The Bertz CT molecular complexity index is 1300. The number of ketones is 1. The molecule has 1 saturated heterocycles. The average Bonchev–Trinajstić information content (AvgIpc) is 3.19. The Hall–Kier alpha value is -3.92. The summed E-state index contributed by atoms with van der Waals surface area (Å²) < 4.78 is 18.5. The van der Waals surface area contributed by atoms with Gasteiger partial charge in [0.25, 0.3) is 11.7 Å². The van der Waals surface area contributed by atoms with Crippen molar-refractivity contribution in [3.8, 4) is 5.75 Å². The molecule has 2 aromatic carbocycles. The number of nitrogens with two attached hydrogens (primary N) is 1. The number of piperazine rings is 1. The molecule has 2 heterocycles. The van der Waals surface area contributed by atoms with Crippen molar-refractivity contribution in [1.82, 2.24) is 9.88 Å². The Morgan fingerprint density at radius 3 is 2.43 bits per heavy atom. The number of fused-ring (bicyclic) bond motifs is 1. The summed E-state index contributed by atoms with van der Waals surface area (Å²) in [5, 5.41) is 9.81. The van der Waals surface area contributed by atoms with Gasteiger partial charge >= 0.3 is 5.97 Å². The van der Waals surface area contributed by atoms with E-state index in [2.05, 4.69) is 9.88 Å². The van der Waals surface area contributed by atoms with E-state index >= 15 is 0 Å². The number of carbonyl (C=O) groups is 3. The van der Waals surface area contributed by atoms with Gasteiger partial charge < -0.3 is 25.5 Å². The van der Waals surface area contributed by atoms with Crippen LogP contribution >= 0.6 is 0 Å². The van der Waals surface area contributed by atoms with Crippen LogP contribution in [0.4, 0.5) is 10.2 Å². The molecule has 1 amide bonds. The number of aromatic nitrogens is 1. The number of primary amides is 1. The highest BCUT2D eigenvalue weighted by Gasteiger charge is 2.35. The molecule has 35 heavy (non-hydrogen) atoms. The molecular formula is C25H27FN4O5. The normalized spacial score (nSPS) is 18.6. The van der Waals surface area contributed by atoms with Crippen molar-refractivity contribution >= 4 is 34.4 Å². The molecular weight excluding hydrogens is 455 g/mol. The number of benzene rings is 2. The lowest BCUT2D eigenvalue weighted by atomic mass is 10.0. The third-order valence-electron chi connectivity index (χ3n) is 6.49. The fraction of sp³-hybridized carbons (Fsp3) is 0.320. The molecule has 10 heteroatoms. The van der Waals surface area contributed by atoms with Gasteiger partial charge in [0, 0.05) is 43.2 Å². The first-order chi connectivity index (χ1) is 16.6. The molecule has 0 spiro atoms. The Balaban J connectivity index is 1.73. The molecule has 3 aromatic rings. The molecule has 1 aromatic heterocycles. The number of carboxylic acid groups (broad SMARTS) is 1. The highest BCUT2D eigenvalue weighted by Crippen LogP contribution is 2.36. The van der Waals surface area contributed by atoms with Gasteiger partial charge in [-0.2, -0.15) is 0 Å². The zero-order valence-corrected chi connectivity index (χ0v) is 19.7. The van der Waals surface area contributed by atoms with Crippen molar-refractivity contribution < 1.29 is 28.6 Å². The maximum absolute atomic E-state index is 13.3. The number of nitrogens with zero attached hydrogens (tertiary/aromatic N) is 2. The quantitative estimate of drug-likeness (QED) is 0.349. The summed E-state index contributed by atoms with van der Waals surface area (Å²) in [6.45, 7) is 5.79. The van der Waals surface area contributed by atoms with Gasteiger partial charge in [0.1, 0.15) is 17.4 Å². The molecule has 184 valence electrons. The fourth-order valence-electron chi connectivity index (χ4n) is 4.68. The second-order valence-corrected chi connectivity index (χ2v) is 8.85. The number of methoxy groups -OCH3 is 1. The molecule has 0 bridgehead atoms. The van der Waals surface area contributed by atoms with Crippen LogP contribution in [-0.2, 0) is 11.3 Å². The fourth-order valence-corrected chi connectivity index (χ4v) is 4.68. The van der Waals surface area contributed by atoms with Crippen LogP contribution in [0.2, 0.25) is 0 Å². The van der Waals surface area contributed by atoms with E-state index in [9.17, 15) is 23.9 Å². The van der Waals surface area contributed by atoms with Gasteiger partial charge in [-0.05, 0) is 37.6 Å². The third-order valence-corrected chi connectivity index (χ3v) is 6.49. The summed E-state index contributed by atoms with van der Waals surface area (Å²) in [7, 11) is 1.39. The van der Waals surface area contributed by atoms with E-state index in [0.29, 0.717) is 31.0 Å². The van der Waals surface area contributed by atoms with E-state index < -0.39 is 17.7 Å². The summed E-state index contributed by atoms with van der Waals surface area (Å²) in [6, 6.07) is 9.27. The van der Waals surface area contributed by atoms with Crippen molar-refractivity contribution in [2.45, 2.75) is 32.5 Å². The van der Waals surface area contributed by atoms with Crippen molar-refractivity contribution in [2.75, 3.05) is 25.1 Å². The smallest absolute Gasteiger partial charge is 0.377 e. The Morgan fingerprint density at radius 1 is 1.14 bits per heavy atom. The highest BCUT2D eigenvalue weighted by molar-refractivity contribution is 6.43. The van der Waals surface area contributed by atoms with E-state index in [0.717, 1.165) is 5.56 Å². The molecule has 9 nitrogen and oxygen atoms in total. The third kappa shape index (κ3) is 4.57. The molecule has 1 aliphatic heterocycles. The van der Waals surface area contributed by atoms with Crippen LogP contribution in [0.1, 0.15) is 40.1 Å². The van der Waals surface area contributed by atoms with Crippen LogP contribution in [0, 0.1) is 5.82 Å². The zero-order valence-electron chi connectivity index (χ0n) is 19.7. The van der Waals surface area contributed by atoms with Gasteiger partial charge in [0.15, 0.2) is 0 Å². The molecule has 0 aliphatic carbocycles. The molecule has 4 N–H and O–H groups in total. The monoisotopic (exact) mass is 482 g/mol. The number of halogens is 1.